The molecule has 3 aromatic rings. The molecule has 1 unspecified atom stereocenters. The minimum absolute atomic E-state index is 0.0290. The first-order chi connectivity index (χ1) is 14.8. The molecule has 2 heterocycles. The molecule has 0 aliphatic heterocycles. The monoisotopic (exact) mass is 454 g/mol. The Labute approximate surface area is 192 Å². The zero-order valence-corrected chi connectivity index (χ0v) is 20.5. The summed E-state index contributed by atoms with van der Waals surface area (Å²) in [6.45, 7) is 10.7. The number of anilines is 1. The van der Waals surface area contributed by atoms with Crippen molar-refractivity contribution >= 4 is 34.7 Å². The summed E-state index contributed by atoms with van der Waals surface area (Å²) in [4.78, 5) is 14.1. The number of benzene rings is 1. The van der Waals surface area contributed by atoms with Crippen LogP contribution >= 0.6 is 23.1 Å². The van der Waals surface area contributed by atoms with Crippen molar-refractivity contribution in [3.63, 3.8) is 0 Å². The third-order valence-electron chi connectivity index (χ3n) is 5.81. The molecule has 0 saturated heterocycles. The van der Waals surface area contributed by atoms with E-state index < -0.39 is 0 Å². The van der Waals surface area contributed by atoms with Crippen molar-refractivity contribution < 1.29 is 4.79 Å². The second-order valence-electron chi connectivity index (χ2n) is 8.82. The third kappa shape index (κ3) is 4.72. The number of amides is 1. The summed E-state index contributed by atoms with van der Waals surface area (Å²) in [6, 6.07) is 6.27. The first kappa shape index (κ1) is 22.1. The van der Waals surface area contributed by atoms with Crippen LogP contribution in [0.15, 0.2) is 28.7 Å². The Morgan fingerprint density at radius 2 is 2.13 bits per heavy atom. The molecule has 1 aliphatic rings. The lowest BCUT2D eigenvalue weighted by atomic mass is 9.88. The molecule has 2 aromatic heterocycles. The fourth-order valence-electron chi connectivity index (χ4n) is 4.16. The van der Waals surface area contributed by atoms with Crippen molar-refractivity contribution in [2.24, 2.45) is 5.92 Å². The highest BCUT2D eigenvalue weighted by molar-refractivity contribution is 7.99. The lowest BCUT2D eigenvalue weighted by Crippen LogP contribution is -2.16. The largest absolute Gasteiger partial charge is 0.325 e. The third-order valence-corrected chi connectivity index (χ3v) is 7.81. The van der Waals surface area contributed by atoms with Gasteiger partial charge in [-0.2, -0.15) is 0 Å². The number of fused-ring (bicyclic) bond motifs is 1. The van der Waals surface area contributed by atoms with E-state index in [1.807, 2.05) is 30.4 Å². The molecule has 1 N–H and O–H groups in total. The van der Waals surface area contributed by atoms with Gasteiger partial charge in [0.15, 0.2) is 11.0 Å². The Morgan fingerprint density at radius 3 is 2.87 bits per heavy atom. The summed E-state index contributed by atoms with van der Waals surface area (Å²) in [5.41, 5.74) is 5.79. The van der Waals surface area contributed by atoms with Crippen LogP contribution in [0.1, 0.15) is 54.8 Å². The Hall–Kier alpha value is -2.12. The zero-order valence-electron chi connectivity index (χ0n) is 18.9. The second kappa shape index (κ2) is 9.17. The van der Waals surface area contributed by atoms with Gasteiger partial charge in [0.2, 0.25) is 5.91 Å². The fourth-order valence-corrected chi connectivity index (χ4v) is 6.27. The minimum Gasteiger partial charge on any atom is -0.325 e. The van der Waals surface area contributed by atoms with Crippen LogP contribution in [0.5, 0.6) is 0 Å². The summed E-state index contributed by atoms with van der Waals surface area (Å²) >= 11 is 3.30. The van der Waals surface area contributed by atoms with Crippen LogP contribution in [-0.2, 0) is 17.6 Å². The van der Waals surface area contributed by atoms with E-state index in [1.165, 1.54) is 39.8 Å². The quantitative estimate of drug-likeness (QED) is 0.460. The molecule has 1 amide bonds. The van der Waals surface area contributed by atoms with Gasteiger partial charge in [-0.1, -0.05) is 36.4 Å². The molecule has 31 heavy (non-hydrogen) atoms. The molecule has 1 atom stereocenters. The summed E-state index contributed by atoms with van der Waals surface area (Å²) in [6.07, 6.45) is 3.50. The van der Waals surface area contributed by atoms with E-state index in [0.717, 1.165) is 41.0 Å². The lowest BCUT2D eigenvalue weighted by Gasteiger charge is -2.19. The van der Waals surface area contributed by atoms with Crippen molar-refractivity contribution in [1.29, 1.82) is 0 Å². The number of nitrogens with one attached hydrogen (secondary N) is 1. The summed E-state index contributed by atoms with van der Waals surface area (Å²) in [5.74, 6) is 1.96. The standard InChI is InChI=1S/C24H30N4OS2/c1-14(2)28-23(19-12-30-21-11-16(4)6-8-18(19)21)26-27-24(28)31-13-22(29)25-20-9-7-15(3)10-17(20)5/h7,9-10,12,14,16H,6,8,11,13H2,1-5H3,(H,25,29). The molecular formula is C24H30N4OS2. The summed E-state index contributed by atoms with van der Waals surface area (Å²) < 4.78 is 2.18. The Kier molecular flexibility index (Phi) is 6.53. The van der Waals surface area contributed by atoms with Crippen LogP contribution in [-0.4, -0.2) is 26.4 Å². The maximum absolute atomic E-state index is 12.6. The number of carbonyl (C=O) groups is 1. The first-order valence-electron chi connectivity index (χ1n) is 10.9. The van der Waals surface area contributed by atoms with Crippen LogP contribution in [0.3, 0.4) is 0 Å². The van der Waals surface area contributed by atoms with Crippen molar-refractivity contribution in [2.75, 3.05) is 11.1 Å². The van der Waals surface area contributed by atoms with Gasteiger partial charge < -0.3 is 5.32 Å². The average Bonchev–Trinajstić information content (AvgIpc) is 3.31. The highest BCUT2D eigenvalue weighted by Crippen LogP contribution is 2.39. The van der Waals surface area contributed by atoms with E-state index in [2.05, 4.69) is 59.2 Å². The highest BCUT2D eigenvalue weighted by atomic mass is 32.2. The Balaban J connectivity index is 1.51. The average molecular weight is 455 g/mol. The lowest BCUT2D eigenvalue weighted by molar-refractivity contribution is -0.113. The van der Waals surface area contributed by atoms with Gasteiger partial charge in [0.1, 0.15) is 0 Å². The van der Waals surface area contributed by atoms with E-state index in [9.17, 15) is 4.79 Å². The van der Waals surface area contributed by atoms with Crippen LogP contribution in [0.25, 0.3) is 11.4 Å². The topological polar surface area (TPSA) is 59.8 Å². The SMILES string of the molecule is Cc1ccc(NC(=O)CSc2nnc(-c3csc4c3CCC(C)C4)n2C(C)C)c(C)c1. The number of aryl methyl sites for hydroxylation is 2. The van der Waals surface area contributed by atoms with Gasteiger partial charge >= 0.3 is 0 Å². The van der Waals surface area contributed by atoms with Gasteiger partial charge in [-0.25, -0.2) is 0 Å². The van der Waals surface area contributed by atoms with Crippen molar-refractivity contribution in [3.8, 4) is 11.4 Å². The summed E-state index contributed by atoms with van der Waals surface area (Å²) in [7, 11) is 0. The molecule has 5 nitrogen and oxygen atoms in total. The molecule has 0 saturated carbocycles. The van der Waals surface area contributed by atoms with E-state index in [4.69, 9.17) is 0 Å². The van der Waals surface area contributed by atoms with E-state index in [0.29, 0.717) is 5.75 Å². The zero-order chi connectivity index (χ0) is 22.1. The normalized spacial score (nSPS) is 15.9. The molecule has 0 spiro atoms. The predicted molar refractivity (Wildman–Crippen MR) is 130 cm³/mol. The van der Waals surface area contributed by atoms with Gasteiger partial charge in [0, 0.05) is 27.5 Å². The number of hydrogen-bond acceptors (Lipinski definition) is 5. The second-order valence-corrected chi connectivity index (χ2v) is 10.7. The minimum atomic E-state index is -0.0290. The maximum Gasteiger partial charge on any atom is 0.234 e. The molecule has 164 valence electrons. The number of aromatic nitrogens is 3. The molecule has 1 aromatic carbocycles. The fraction of sp³-hybridized carbons (Fsp3) is 0.458. The van der Waals surface area contributed by atoms with Crippen molar-refractivity contribution in [2.45, 2.75) is 65.1 Å². The van der Waals surface area contributed by atoms with Gasteiger partial charge in [-0.3, -0.25) is 9.36 Å². The Morgan fingerprint density at radius 1 is 1.32 bits per heavy atom. The predicted octanol–water partition coefficient (Wildman–Crippen LogP) is 6.06. The van der Waals surface area contributed by atoms with E-state index in [-0.39, 0.29) is 11.9 Å². The van der Waals surface area contributed by atoms with Crippen LogP contribution in [0, 0.1) is 19.8 Å². The summed E-state index contributed by atoms with van der Waals surface area (Å²) in [5, 5.41) is 15.1. The molecule has 0 bridgehead atoms. The van der Waals surface area contributed by atoms with E-state index >= 15 is 0 Å². The Bertz CT molecular complexity index is 1100. The molecule has 7 heteroatoms. The van der Waals surface area contributed by atoms with Crippen LogP contribution < -0.4 is 5.32 Å². The highest BCUT2D eigenvalue weighted by Gasteiger charge is 2.25. The number of nitrogens with zero attached hydrogens (tertiary/aromatic N) is 3. The number of hydrogen-bond donors (Lipinski definition) is 1. The van der Waals surface area contributed by atoms with Crippen molar-refractivity contribution in [3.05, 3.63) is 45.1 Å². The molecule has 0 fully saturated rings. The van der Waals surface area contributed by atoms with Gasteiger partial charge in [0.25, 0.3) is 0 Å². The number of rotatable bonds is 6. The molecule has 4 rings (SSSR count). The molecule has 0 radical (unpaired) electrons. The number of thiophene rings is 1. The van der Waals surface area contributed by atoms with Crippen LogP contribution in [0.2, 0.25) is 0 Å². The smallest absolute Gasteiger partial charge is 0.234 e. The van der Waals surface area contributed by atoms with Gasteiger partial charge in [-0.15, -0.1) is 21.5 Å². The molecular weight excluding hydrogens is 424 g/mol. The number of carbonyl (C=O) groups excluding carboxylic acids is 1. The molecule has 1 aliphatic carbocycles. The van der Waals surface area contributed by atoms with E-state index in [1.54, 1.807) is 0 Å². The van der Waals surface area contributed by atoms with Gasteiger partial charge in [0.05, 0.1) is 5.75 Å². The maximum atomic E-state index is 12.6. The first-order valence-corrected chi connectivity index (χ1v) is 12.7. The number of thioether (sulfide) groups is 1. The van der Waals surface area contributed by atoms with Crippen LogP contribution in [0.4, 0.5) is 5.69 Å². The van der Waals surface area contributed by atoms with Gasteiger partial charge in [-0.05, 0) is 70.1 Å². The van der Waals surface area contributed by atoms with Crippen molar-refractivity contribution in [1.82, 2.24) is 14.8 Å².